The lowest BCUT2D eigenvalue weighted by Crippen LogP contribution is -2.41. The number of amides is 1. The van der Waals surface area contributed by atoms with E-state index < -0.39 is 0 Å². The first kappa shape index (κ1) is 14.1. The monoisotopic (exact) mass is 264 g/mol. The summed E-state index contributed by atoms with van der Waals surface area (Å²) >= 11 is 0. The second-order valence-corrected chi connectivity index (χ2v) is 5.20. The third-order valence-corrected chi connectivity index (χ3v) is 3.89. The predicted octanol–water partition coefficient (Wildman–Crippen LogP) is 2.55. The van der Waals surface area contributed by atoms with Crippen LogP contribution >= 0.6 is 0 Å². The van der Waals surface area contributed by atoms with Crippen molar-refractivity contribution in [3.63, 3.8) is 0 Å². The summed E-state index contributed by atoms with van der Waals surface area (Å²) in [4.78, 5) is 14.3. The van der Waals surface area contributed by atoms with E-state index in [4.69, 9.17) is 4.42 Å². The van der Waals surface area contributed by atoms with Crippen LogP contribution < -0.4 is 5.32 Å². The molecule has 1 aromatic heterocycles. The SMILES string of the molecule is CCC1CCCCN1CCC(=O)NCc1ccco1. The Morgan fingerprint density at radius 1 is 1.53 bits per heavy atom. The zero-order valence-corrected chi connectivity index (χ0v) is 11.7. The zero-order chi connectivity index (χ0) is 13.5. The summed E-state index contributed by atoms with van der Waals surface area (Å²) in [5.41, 5.74) is 0. The van der Waals surface area contributed by atoms with Gasteiger partial charge in [-0.2, -0.15) is 0 Å². The molecular weight excluding hydrogens is 240 g/mol. The first-order valence-corrected chi connectivity index (χ1v) is 7.32. The van der Waals surface area contributed by atoms with Crippen LogP contribution in [0.1, 0.15) is 44.8 Å². The average Bonchev–Trinajstić information content (AvgIpc) is 2.96. The highest BCUT2D eigenvalue weighted by Gasteiger charge is 2.20. The van der Waals surface area contributed by atoms with Crippen molar-refractivity contribution in [2.75, 3.05) is 13.1 Å². The van der Waals surface area contributed by atoms with Gasteiger partial charge in [-0.1, -0.05) is 13.3 Å². The van der Waals surface area contributed by atoms with Gasteiger partial charge in [0, 0.05) is 19.0 Å². The number of furan rings is 1. The molecule has 1 aliphatic rings. The lowest BCUT2D eigenvalue weighted by Gasteiger charge is -2.34. The predicted molar refractivity (Wildman–Crippen MR) is 74.7 cm³/mol. The van der Waals surface area contributed by atoms with Gasteiger partial charge in [0.25, 0.3) is 0 Å². The Morgan fingerprint density at radius 3 is 3.16 bits per heavy atom. The number of hydrogen-bond donors (Lipinski definition) is 1. The Kier molecular flexibility index (Phi) is 5.45. The summed E-state index contributed by atoms with van der Waals surface area (Å²) in [6.07, 6.45) is 7.28. The Bertz CT molecular complexity index is 376. The van der Waals surface area contributed by atoms with Crippen molar-refractivity contribution < 1.29 is 9.21 Å². The van der Waals surface area contributed by atoms with Crippen molar-refractivity contribution >= 4 is 5.91 Å². The van der Waals surface area contributed by atoms with Crippen molar-refractivity contribution in [1.82, 2.24) is 10.2 Å². The van der Waals surface area contributed by atoms with Gasteiger partial charge in [0.1, 0.15) is 5.76 Å². The smallest absolute Gasteiger partial charge is 0.221 e. The van der Waals surface area contributed by atoms with Gasteiger partial charge in [0.05, 0.1) is 12.8 Å². The number of hydrogen-bond acceptors (Lipinski definition) is 3. The third kappa shape index (κ3) is 4.39. The van der Waals surface area contributed by atoms with E-state index in [0.29, 0.717) is 19.0 Å². The molecule has 1 saturated heterocycles. The molecule has 0 radical (unpaired) electrons. The Hall–Kier alpha value is -1.29. The Balaban J connectivity index is 1.67. The number of carbonyl (C=O) groups excluding carboxylic acids is 1. The molecule has 1 atom stereocenters. The number of nitrogens with zero attached hydrogens (tertiary/aromatic N) is 1. The summed E-state index contributed by atoms with van der Waals surface area (Å²) < 4.78 is 5.19. The highest BCUT2D eigenvalue weighted by atomic mass is 16.3. The molecule has 0 aliphatic carbocycles. The van der Waals surface area contributed by atoms with Crippen LogP contribution in [0, 0.1) is 0 Å². The number of piperidine rings is 1. The van der Waals surface area contributed by atoms with Crippen molar-refractivity contribution in [2.45, 2.75) is 51.6 Å². The minimum Gasteiger partial charge on any atom is -0.467 e. The first-order chi connectivity index (χ1) is 9.29. The van der Waals surface area contributed by atoms with Crippen LogP contribution in [0.5, 0.6) is 0 Å². The van der Waals surface area contributed by atoms with E-state index in [9.17, 15) is 4.79 Å². The van der Waals surface area contributed by atoms with E-state index in [2.05, 4.69) is 17.1 Å². The molecule has 0 spiro atoms. The van der Waals surface area contributed by atoms with Crippen LogP contribution in [0.4, 0.5) is 0 Å². The second kappa shape index (κ2) is 7.34. The molecule has 2 heterocycles. The molecule has 1 N–H and O–H groups in total. The normalized spacial score (nSPS) is 20.4. The lowest BCUT2D eigenvalue weighted by atomic mass is 10.00. The van der Waals surface area contributed by atoms with E-state index in [-0.39, 0.29) is 5.91 Å². The summed E-state index contributed by atoms with van der Waals surface area (Å²) in [5.74, 6) is 0.912. The fraction of sp³-hybridized carbons (Fsp3) is 0.667. The van der Waals surface area contributed by atoms with Gasteiger partial charge >= 0.3 is 0 Å². The molecule has 106 valence electrons. The first-order valence-electron chi connectivity index (χ1n) is 7.32. The average molecular weight is 264 g/mol. The molecule has 4 nitrogen and oxygen atoms in total. The molecule has 1 unspecified atom stereocenters. The van der Waals surface area contributed by atoms with Crippen molar-refractivity contribution in [3.8, 4) is 0 Å². The summed E-state index contributed by atoms with van der Waals surface area (Å²) in [6.45, 7) is 4.75. The van der Waals surface area contributed by atoms with Crippen LogP contribution in [0.15, 0.2) is 22.8 Å². The highest BCUT2D eigenvalue weighted by Crippen LogP contribution is 2.19. The molecule has 1 aromatic rings. The number of nitrogens with one attached hydrogen (secondary N) is 1. The maximum atomic E-state index is 11.8. The molecule has 4 heteroatoms. The number of rotatable bonds is 6. The van der Waals surface area contributed by atoms with Gasteiger partial charge in [-0.25, -0.2) is 0 Å². The lowest BCUT2D eigenvalue weighted by molar-refractivity contribution is -0.121. The second-order valence-electron chi connectivity index (χ2n) is 5.20. The standard InChI is InChI=1S/C15H24N2O2/c1-2-13-6-3-4-9-17(13)10-8-15(18)16-12-14-7-5-11-19-14/h5,7,11,13H,2-4,6,8-10,12H2,1H3,(H,16,18). The summed E-state index contributed by atoms with van der Waals surface area (Å²) in [7, 11) is 0. The Labute approximate surface area is 115 Å². The van der Waals surface area contributed by atoms with Crippen molar-refractivity contribution in [1.29, 1.82) is 0 Å². The summed E-state index contributed by atoms with van der Waals surface area (Å²) in [5, 5.41) is 2.90. The minimum atomic E-state index is 0.108. The zero-order valence-electron chi connectivity index (χ0n) is 11.7. The van der Waals surface area contributed by atoms with Gasteiger partial charge in [-0.3, -0.25) is 9.69 Å². The Morgan fingerprint density at radius 2 is 2.42 bits per heavy atom. The van der Waals surface area contributed by atoms with E-state index in [0.717, 1.165) is 18.8 Å². The molecular formula is C15H24N2O2. The van der Waals surface area contributed by atoms with Crippen LogP contribution in [0.3, 0.4) is 0 Å². The largest absolute Gasteiger partial charge is 0.467 e. The number of carbonyl (C=O) groups is 1. The van der Waals surface area contributed by atoms with Gasteiger partial charge in [-0.15, -0.1) is 0 Å². The molecule has 1 fully saturated rings. The number of likely N-dealkylation sites (tertiary alicyclic amines) is 1. The van der Waals surface area contributed by atoms with E-state index in [1.165, 1.54) is 25.7 Å². The van der Waals surface area contributed by atoms with E-state index in [1.54, 1.807) is 6.26 Å². The topological polar surface area (TPSA) is 45.5 Å². The van der Waals surface area contributed by atoms with Gasteiger partial charge in [-0.05, 0) is 37.9 Å². The molecule has 0 saturated carbocycles. The fourth-order valence-electron chi connectivity index (χ4n) is 2.75. The minimum absolute atomic E-state index is 0.108. The molecule has 0 aromatic carbocycles. The van der Waals surface area contributed by atoms with Crippen LogP contribution in [-0.4, -0.2) is 29.9 Å². The molecule has 1 amide bonds. The molecule has 1 aliphatic heterocycles. The van der Waals surface area contributed by atoms with Crippen LogP contribution in [-0.2, 0) is 11.3 Å². The van der Waals surface area contributed by atoms with Crippen LogP contribution in [0.25, 0.3) is 0 Å². The third-order valence-electron chi connectivity index (χ3n) is 3.89. The van der Waals surface area contributed by atoms with E-state index in [1.807, 2.05) is 12.1 Å². The molecule has 19 heavy (non-hydrogen) atoms. The van der Waals surface area contributed by atoms with Crippen molar-refractivity contribution in [3.05, 3.63) is 24.2 Å². The maximum Gasteiger partial charge on any atom is 0.221 e. The van der Waals surface area contributed by atoms with Crippen LogP contribution in [0.2, 0.25) is 0 Å². The summed E-state index contributed by atoms with van der Waals surface area (Å²) in [6, 6.07) is 4.38. The van der Waals surface area contributed by atoms with E-state index >= 15 is 0 Å². The van der Waals surface area contributed by atoms with Gasteiger partial charge < -0.3 is 9.73 Å². The molecule has 0 bridgehead atoms. The fourth-order valence-corrected chi connectivity index (χ4v) is 2.75. The quantitative estimate of drug-likeness (QED) is 0.859. The van der Waals surface area contributed by atoms with Crippen molar-refractivity contribution in [2.24, 2.45) is 0 Å². The highest BCUT2D eigenvalue weighted by molar-refractivity contribution is 5.75. The maximum absolute atomic E-state index is 11.8. The van der Waals surface area contributed by atoms with Gasteiger partial charge in [0.2, 0.25) is 5.91 Å². The molecule has 2 rings (SSSR count). The van der Waals surface area contributed by atoms with Gasteiger partial charge in [0.15, 0.2) is 0 Å².